The van der Waals surface area contributed by atoms with Crippen molar-refractivity contribution in [1.82, 2.24) is 0 Å². The van der Waals surface area contributed by atoms with Crippen LogP contribution in [-0.4, -0.2) is 16.9 Å². The van der Waals surface area contributed by atoms with E-state index in [1.165, 1.54) is 0 Å². The summed E-state index contributed by atoms with van der Waals surface area (Å²) in [5, 5.41) is 8.25. The molecule has 0 aromatic carbocycles. The van der Waals surface area contributed by atoms with Crippen LogP contribution in [-0.2, 0) is 42.3 Å². The van der Waals surface area contributed by atoms with Crippen molar-refractivity contribution in [3.8, 4) is 0 Å². The number of ketones is 1. The summed E-state index contributed by atoms with van der Waals surface area (Å²) in [5.41, 5.74) is 0.0949. The van der Waals surface area contributed by atoms with Gasteiger partial charge in [-0.05, 0) is 17.8 Å². The van der Waals surface area contributed by atoms with E-state index in [-0.39, 0.29) is 55.7 Å². The molecule has 0 aliphatic rings. The molecule has 0 atom stereocenters. The molecule has 0 aliphatic heterocycles. The number of rotatable bonds is 2. The Kier molecular flexibility index (Phi) is 12.2. The molecule has 3 nitrogen and oxygen atoms in total. The fourth-order valence-electron chi connectivity index (χ4n) is 1.20. The Morgan fingerprint density at radius 1 is 0.882 bits per heavy atom. The average Bonchev–Trinajstić information content (AvgIpc) is 1.72. The van der Waals surface area contributed by atoms with E-state index >= 15 is 0 Å². The van der Waals surface area contributed by atoms with Gasteiger partial charge in [0.2, 0.25) is 0 Å². The summed E-state index contributed by atoms with van der Waals surface area (Å²) in [6.07, 6.45) is 0.931. The Morgan fingerprint density at radius 2 is 1.18 bits per heavy atom. The minimum atomic E-state index is -0.725. The number of carbonyl (C=O) groups is 2. The number of carbonyl (C=O) groups excluding carboxylic acids is 1. The summed E-state index contributed by atoms with van der Waals surface area (Å²) in [6.45, 7) is 13.5. The average molecular weight is 319 g/mol. The molecule has 0 amide bonds. The van der Waals surface area contributed by atoms with Crippen molar-refractivity contribution >= 4 is 11.8 Å². The van der Waals surface area contributed by atoms with Crippen molar-refractivity contribution < 1.29 is 47.4 Å². The van der Waals surface area contributed by atoms with Crippen LogP contribution in [0, 0.1) is 10.8 Å². The second-order valence-electron chi connectivity index (χ2n) is 6.57. The van der Waals surface area contributed by atoms with Crippen LogP contribution in [0.4, 0.5) is 0 Å². The van der Waals surface area contributed by atoms with Crippen LogP contribution >= 0.6 is 0 Å². The zero-order valence-corrected chi connectivity index (χ0v) is 15.1. The SMILES string of the molecule is CC(=O)CC(C)(C)C.CC(C)(C)CC(=O)O.[Y]. The largest absolute Gasteiger partial charge is 0.481 e. The van der Waals surface area contributed by atoms with Crippen LogP contribution in [0.2, 0.25) is 0 Å². The van der Waals surface area contributed by atoms with E-state index in [2.05, 4.69) is 20.8 Å². The van der Waals surface area contributed by atoms with Crippen molar-refractivity contribution in [2.24, 2.45) is 10.8 Å². The van der Waals surface area contributed by atoms with Crippen LogP contribution in [0.25, 0.3) is 0 Å². The summed E-state index contributed by atoms with van der Waals surface area (Å²) in [5.74, 6) is -0.449. The van der Waals surface area contributed by atoms with E-state index in [1.807, 2.05) is 20.8 Å². The summed E-state index contributed by atoms with van der Waals surface area (Å²) in [6, 6.07) is 0. The standard InChI is InChI=1S/C7H14O.C6H12O2.Y/c1-6(8)5-7(2,3)4;1-6(2,3)4-5(7)8;/h5H2,1-4H3;4H2,1-3H3,(H,7,8);. The fraction of sp³-hybridized carbons (Fsp3) is 0.846. The van der Waals surface area contributed by atoms with Gasteiger partial charge in [-0.3, -0.25) is 4.79 Å². The predicted molar refractivity (Wildman–Crippen MR) is 66.5 cm³/mol. The maximum atomic E-state index is 10.5. The Balaban J connectivity index is -0.000000218. The quantitative estimate of drug-likeness (QED) is 0.847. The first-order valence-electron chi connectivity index (χ1n) is 5.55. The third kappa shape index (κ3) is 31.4. The van der Waals surface area contributed by atoms with Gasteiger partial charge in [0.25, 0.3) is 0 Å². The summed E-state index contributed by atoms with van der Waals surface area (Å²) < 4.78 is 0. The molecule has 0 fully saturated rings. The third-order valence-corrected chi connectivity index (χ3v) is 1.46. The Hall–Kier alpha value is 0.244. The van der Waals surface area contributed by atoms with Gasteiger partial charge < -0.3 is 9.90 Å². The van der Waals surface area contributed by atoms with Gasteiger partial charge >= 0.3 is 5.97 Å². The van der Waals surface area contributed by atoms with E-state index in [9.17, 15) is 9.59 Å². The molecule has 0 unspecified atom stereocenters. The Morgan fingerprint density at radius 3 is 1.18 bits per heavy atom. The molecule has 0 aromatic heterocycles. The minimum absolute atomic E-state index is 0. The Bertz CT molecular complexity index is 208. The molecule has 0 saturated heterocycles. The van der Waals surface area contributed by atoms with Gasteiger partial charge in [-0.2, -0.15) is 0 Å². The number of aliphatic carboxylic acids is 1. The second kappa shape index (κ2) is 9.21. The number of carboxylic acid groups (broad SMARTS) is 1. The fourth-order valence-corrected chi connectivity index (χ4v) is 1.20. The van der Waals surface area contributed by atoms with Crippen molar-refractivity contribution in [2.75, 3.05) is 0 Å². The van der Waals surface area contributed by atoms with E-state index < -0.39 is 5.97 Å². The molecule has 0 aromatic rings. The van der Waals surface area contributed by atoms with Gasteiger partial charge in [-0.25, -0.2) is 0 Å². The van der Waals surface area contributed by atoms with E-state index in [4.69, 9.17) is 5.11 Å². The molecular formula is C13H26O3Y. The van der Waals surface area contributed by atoms with Gasteiger partial charge in [0, 0.05) is 39.1 Å². The molecule has 0 spiro atoms. The normalized spacial score (nSPS) is 10.8. The minimum Gasteiger partial charge on any atom is -0.481 e. The molecule has 99 valence electrons. The zero-order valence-electron chi connectivity index (χ0n) is 12.3. The van der Waals surface area contributed by atoms with Crippen molar-refractivity contribution in [1.29, 1.82) is 0 Å². The molecule has 0 rings (SSSR count). The first-order valence-corrected chi connectivity index (χ1v) is 5.55. The van der Waals surface area contributed by atoms with Gasteiger partial charge in [-0.15, -0.1) is 0 Å². The number of Topliss-reactive ketones (excluding diaryl/α,β-unsaturated/α-hetero) is 1. The smallest absolute Gasteiger partial charge is 0.303 e. The third-order valence-electron chi connectivity index (χ3n) is 1.46. The first kappa shape index (κ1) is 22.4. The molecule has 4 heteroatoms. The monoisotopic (exact) mass is 319 g/mol. The summed E-state index contributed by atoms with van der Waals surface area (Å²) in [7, 11) is 0. The summed E-state index contributed by atoms with van der Waals surface area (Å²) in [4.78, 5) is 20.5. The van der Waals surface area contributed by atoms with Gasteiger partial charge in [0.1, 0.15) is 5.78 Å². The molecular weight excluding hydrogens is 293 g/mol. The van der Waals surface area contributed by atoms with Gasteiger partial charge in [0.05, 0.1) is 6.42 Å². The molecule has 1 radical (unpaired) electrons. The topological polar surface area (TPSA) is 54.4 Å². The number of hydrogen-bond donors (Lipinski definition) is 1. The van der Waals surface area contributed by atoms with Crippen LogP contribution in [0.3, 0.4) is 0 Å². The van der Waals surface area contributed by atoms with Crippen LogP contribution < -0.4 is 0 Å². The van der Waals surface area contributed by atoms with Gasteiger partial charge in [-0.1, -0.05) is 41.5 Å². The predicted octanol–water partition coefficient (Wildman–Crippen LogP) is 3.52. The molecule has 0 bridgehead atoms. The zero-order chi connectivity index (χ0) is 13.6. The van der Waals surface area contributed by atoms with Crippen LogP contribution in [0.1, 0.15) is 61.3 Å². The van der Waals surface area contributed by atoms with Crippen LogP contribution in [0.15, 0.2) is 0 Å². The molecule has 1 N–H and O–H groups in total. The molecule has 0 aliphatic carbocycles. The second-order valence-corrected chi connectivity index (χ2v) is 6.57. The van der Waals surface area contributed by atoms with Crippen molar-refractivity contribution in [3.05, 3.63) is 0 Å². The van der Waals surface area contributed by atoms with Crippen LogP contribution in [0.5, 0.6) is 0 Å². The Labute approximate surface area is 131 Å². The van der Waals surface area contributed by atoms with Crippen molar-refractivity contribution in [2.45, 2.75) is 61.3 Å². The summed E-state index contributed by atoms with van der Waals surface area (Å²) >= 11 is 0. The molecule has 17 heavy (non-hydrogen) atoms. The van der Waals surface area contributed by atoms with E-state index in [0.717, 1.165) is 0 Å². The number of carboxylic acids is 1. The number of hydrogen-bond acceptors (Lipinski definition) is 2. The molecule has 0 saturated carbocycles. The maximum absolute atomic E-state index is 10.5. The molecule has 0 heterocycles. The first-order chi connectivity index (χ1) is 6.83. The van der Waals surface area contributed by atoms with Gasteiger partial charge in [0.15, 0.2) is 0 Å². The van der Waals surface area contributed by atoms with E-state index in [1.54, 1.807) is 6.92 Å². The maximum Gasteiger partial charge on any atom is 0.303 e. The van der Waals surface area contributed by atoms with E-state index in [0.29, 0.717) is 6.42 Å². The van der Waals surface area contributed by atoms with Crippen molar-refractivity contribution in [3.63, 3.8) is 0 Å².